The van der Waals surface area contributed by atoms with Crippen molar-refractivity contribution in [1.29, 1.82) is 0 Å². The van der Waals surface area contributed by atoms with Crippen molar-refractivity contribution in [3.8, 4) is 0 Å². The van der Waals surface area contributed by atoms with Gasteiger partial charge in [0.05, 0.1) is 17.7 Å². The van der Waals surface area contributed by atoms with Crippen LogP contribution >= 0.6 is 11.3 Å². The van der Waals surface area contributed by atoms with Crippen molar-refractivity contribution in [3.05, 3.63) is 80.9 Å². The molecule has 1 aliphatic heterocycles. The lowest BCUT2D eigenvalue weighted by atomic mass is 10.1. The normalized spacial score (nSPS) is 16.4. The molecule has 5 aromatic heterocycles. The minimum atomic E-state index is 0.0326. The van der Waals surface area contributed by atoms with Crippen LogP contribution in [0.25, 0.3) is 16.8 Å². The van der Waals surface area contributed by atoms with Crippen molar-refractivity contribution in [2.75, 3.05) is 25.0 Å². The van der Waals surface area contributed by atoms with E-state index < -0.39 is 0 Å². The molecule has 6 rings (SSSR count). The zero-order valence-electron chi connectivity index (χ0n) is 19.5. The van der Waals surface area contributed by atoms with Gasteiger partial charge in [-0.05, 0) is 44.0 Å². The second kappa shape index (κ2) is 9.20. The number of thiazole rings is 1. The SMILES string of the molecule is Cc1nc2ccccn2c(=O)c1CCN1CCC(Nc2nc3cccnc3n2Cc2cscn2)C1. The summed E-state index contributed by atoms with van der Waals surface area (Å²) in [4.78, 5) is 33.8. The average molecular weight is 487 g/mol. The Balaban J connectivity index is 1.16. The van der Waals surface area contributed by atoms with Crippen LogP contribution in [-0.4, -0.2) is 59.5 Å². The minimum absolute atomic E-state index is 0.0326. The molecule has 0 aliphatic carbocycles. The van der Waals surface area contributed by atoms with E-state index >= 15 is 0 Å². The zero-order valence-corrected chi connectivity index (χ0v) is 20.3. The lowest BCUT2D eigenvalue weighted by Crippen LogP contribution is -2.30. The van der Waals surface area contributed by atoms with Gasteiger partial charge in [-0.15, -0.1) is 11.3 Å². The first-order valence-corrected chi connectivity index (χ1v) is 12.7. The first-order valence-electron chi connectivity index (χ1n) is 11.8. The molecule has 0 aromatic carbocycles. The van der Waals surface area contributed by atoms with Gasteiger partial charge >= 0.3 is 0 Å². The smallest absolute Gasteiger partial charge is 0.261 e. The van der Waals surface area contributed by atoms with Gasteiger partial charge in [0.2, 0.25) is 5.95 Å². The third kappa shape index (κ3) is 4.30. The highest BCUT2D eigenvalue weighted by Gasteiger charge is 2.25. The molecule has 1 fully saturated rings. The molecule has 1 aliphatic rings. The largest absolute Gasteiger partial charge is 0.352 e. The Morgan fingerprint density at radius 2 is 2.11 bits per heavy atom. The van der Waals surface area contributed by atoms with Crippen molar-refractivity contribution >= 4 is 34.1 Å². The third-order valence-corrected chi connectivity index (χ3v) is 7.26. The fourth-order valence-corrected chi connectivity index (χ4v) is 5.38. The standard InChI is InChI=1S/C25H26N8OS/c1-17-20(24(34)32-10-3-2-6-22(32)28-17)8-12-31-11-7-18(13-31)29-25-30-21-5-4-9-26-23(21)33(25)14-19-15-35-16-27-19/h2-6,9-10,15-16,18H,7-8,11-14H2,1H3,(H,29,30). The molecular weight excluding hydrogens is 460 g/mol. The van der Waals surface area contributed by atoms with Crippen LogP contribution in [0.4, 0.5) is 5.95 Å². The van der Waals surface area contributed by atoms with Gasteiger partial charge in [0.1, 0.15) is 11.2 Å². The van der Waals surface area contributed by atoms with Crippen molar-refractivity contribution < 1.29 is 0 Å². The van der Waals surface area contributed by atoms with Gasteiger partial charge < -0.3 is 10.2 Å². The number of nitrogens with zero attached hydrogens (tertiary/aromatic N) is 7. The zero-order chi connectivity index (χ0) is 23.8. The summed E-state index contributed by atoms with van der Waals surface area (Å²) < 4.78 is 3.75. The summed E-state index contributed by atoms with van der Waals surface area (Å²) in [5.41, 5.74) is 6.92. The lowest BCUT2D eigenvalue weighted by Gasteiger charge is -2.18. The van der Waals surface area contributed by atoms with Gasteiger partial charge in [-0.3, -0.25) is 13.8 Å². The van der Waals surface area contributed by atoms with Gasteiger partial charge in [0, 0.05) is 54.7 Å². The van der Waals surface area contributed by atoms with Gasteiger partial charge in [-0.25, -0.2) is 19.9 Å². The number of fused-ring (bicyclic) bond motifs is 2. The van der Waals surface area contributed by atoms with Crippen LogP contribution in [0.1, 0.15) is 23.4 Å². The Morgan fingerprint density at radius 1 is 1.17 bits per heavy atom. The number of rotatable bonds is 7. The van der Waals surface area contributed by atoms with E-state index in [1.54, 1.807) is 28.1 Å². The maximum Gasteiger partial charge on any atom is 0.261 e. The molecule has 0 spiro atoms. The predicted octanol–water partition coefficient (Wildman–Crippen LogP) is 2.98. The van der Waals surface area contributed by atoms with Crippen LogP contribution in [-0.2, 0) is 13.0 Å². The number of anilines is 1. The molecule has 35 heavy (non-hydrogen) atoms. The fourth-order valence-electron chi connectivity index (χ4n) is 4.83. The summed E-state index contributed by atoms with van der Waals surface area (Å²) in [5, 5.41) is 5.71. The summed E-state index contributed by atoms with van der Waals surface area (Å²) in [6.45, 7) is 5.26. The Hall–Kier alpha value is -3.63. The maximum atomic E-state index is 13.0. The molecule has 1 atom stereocenters. The Bertz CT molecular complexity index is 1540. The molecule has 0 amide bonds. The Morgan fingerprint density at radius 3 is 3.00 bits per heavy atom. The molecule has 1 N–H and O–H groups in total. The molecule has 178 valence electrons. The number of aromatic nitrogens is 6. The van der Waals surface area contributed by atoms with E-state index in [2.05, 4.69) is 35.1 Å². The summed E-state index contributed by atoms with van der Waals surface area (Å²) >= 11 is 1.59. The first-order chi connectivity index (χ1) is 17.2. The topological polar surface area (TPSA) is 93.2 Å². The van der Waals surface area contributed by atoms with E-state index in [0.717, 1.165) is 60.1 Å². The molecule has 0 saturated carbocycles. The third-order valence-electron chi connectivity index (χ3n) is 6.63. The molecule has 0 radical (unpaired) electrons. The summed E-state index contributed by atoms with van der Waals surface area (Å²) in [6, 6.07) is 9.81. The summed E-state index contributed by atoms with van der Waals surface area (Å²) in [7, 11) is 0. The van der Waals surface area contributed by atoms with E-state index in [1.165, 1.54) is 0 Å². The van der Waals surface area contributed by atoms with E-state index in [9.17, 15) is 4.79 Å². The average Bonchev–Trinajstić information content (AvgIpc) is 3.61. The highest BCUT2D eigenvalue weighted by molar-refractivity contribution is 7.07. The van der Waals surface area contributed by atoms with Gasteiger partial charge in [0.15, 0.2) is 5.65 Å². The quantitative estimate of drug-likeness (QED) is 0.378. The molecule has 1 saturated heterocycles. The van der Waals surface area contributed by atoms with Crippen molar-refractivity contribution in [2.45, 2.75) is 32.4 Å². The molecule has 1 unspecified atom stereocenters. The van der Waals surface area contributed by atoms with E-state index in [0.29, 0.717) is 18.6 Å². The van der Waals surface area contributed by atoms with E-state index in [-0.39, 0.29) is 11.6 Å². The van der Waals surface area contributed by atoms with Gasteiger partial charge in [-0.2, -0.15) is 0 Å². The Labute approximate surface area is 206 Å². The van der Waals surface area contributed by atoms with Crippen molar-refractivity contribution in [2.24, 2.45) is 0 Å². The van der Waals surface area contributed by atoms with E-state index in [4.69, 9.17) is 4.98 Å². The second-order valence-corrected chi connectivity index (χ2v) is 9.66. The predicted molar refractivity (Wildman–Crippen MR) is 137 cm³/mol. The van der Waals surface area contributed by atoms with Gasteiger partial charge in [0.25, 0.3) is 5.56 Å². The summed E-state index contributed by atoms with van der Waals surface area (Å²) in [5.74, 6) is 0.825. The Kier molecular flexibility index (Phi) is 5.75. The van der Waals surface area contributed by atoms with Crippen LogP contribution in [0, 0.1) is 6.92 Å². The van der Waals surface area contributed by atoms with Crippen molar-refractivity contribution in [1.82, 2.24) is 33.8 Å². The van der Waals surface area contributed by atoms with Crippen LogP contribution < -0.4 is 10.9 Å². The molecule has 9 nitrogen and oxygen atoms in total. The van der Waals surface area contributed by atoms with Gasteiger partial charge in [-0.1, -0.05) is 6.07 Å². The number of pyridine rings is 2. The number of hydrogen-bond donors (Lipinski definition) is 1. The van der Waals surface area contributed by atoms with Crippen molar-refractivity contribution in [3.63, 3.8) is 0 Å². The molecule has 5 aromatic rings. The molecule has 10 heteroatoms. The number of aryl methyl sites for hydroxylation is 1. The van der Waals surface area contributed by atoms with E-state index in [1.807, 2.05) is 42.8 Å². The highest BCUT2D eigenvalue weighted by Crippen LogP contribution is 2.22. The lowest BCUT2D eigenvalue weighted by molar-refractivity contribution is 0.339. The second-order valence-electron chi connectivity index (χ2n) is 8.94. The van der Waals surface area contributed by atoms with Crippen LogP contribution in [0.5, 0.6) is 0 Å². The van der Waals surface area contributed by atoms with Crippen LogP contribution in [0.15, 0.2) is 58.4 Å². The highest BCUT2D eigenvalue weighted by atomic mass is 32.1. The molecule has 6 heterocycles. The van der Waals surface area contributed by atoms with Crippen LogP contribution in [0.2, 0.25) is 0 Å². The molecule has 0 bridgehead atoms. The monoisotopic (exact) mass is 486 g/mol. The fraction of sp³-hybridized carbons (Fsp3) is 0.320. The maximum absolute atomic E-state index is 13.0. The van der Waals surface area contributed by atoms with Crippen LogP contribution in [0.3, 0.4) is 0 Å². The first kappa shape index (κ1) is 21.9. The number of imidazole rings is 1. The molecular formula is C25H26N8OS. The number of likely N-dealkylation sites (tertiary alicyclic amines) is 1. The number of nitrogens with one attached hydrogen (secondary N) is 1. The summed E-state index contributed by atoms with van der Waals surface area (Å²) in [6.07, 6.45) is 5.29. The minimum Gasteiger partial charge on any atom is -0.352 e. The number of hydrogen-bond acceptors (Lipinski definition) is 8.